The second-order valence-electron chi connectivity index (χ2n) is 4.80. The van der Waals surface area contributed by atoms with E-state index in [1.807, 2.05) is 17.3 Å². The van der Waals surface area contributed by atoms with Crippen LogP contribution in [0.25, 0.3) is 0 Å². The van der Waals surface area contributed by atoms with Crippen LogP contribution in [0.4, 0.5) is 0 Å². The minimum atomic E-state index is 0.142. The largest absolute Gasteiger partial charge is 0.340 e. The number of nitrogens with one attached hydrogen (secondary N) is 1. The van der Waals surface area contributed by atoms with Gasteiger partial charge in [0, 0.05) is 57.5 Å². The first-order valence-corrected chi connectivity index (χ1v) is 6.34. The van der Waals surface area contributed by atoms with Crippen LogP contribution in [0.1, 0.15) is 12.2 Å². The lowest BCUT2D eigenvalue weighted by Gasteiger charge is -2.32. The maximum atomic E-state index is 12.3. The number of rotatable bonds is 1. The van der Waals surface area contributed by atoms with E-state index in [1.54, 1.807) is 0 Å². The Hall–Kier alpha value is -1.36. The van der Waals surface area contributed by atoms with Crippen molar-refractivity contribution in [1.29, 1.82) is 0 Å². The molecular weight excluding hydrogens is 216 g/mol. The van der Waals surface area contributed by atoms with Gasteiger partial charge in [0.05, 0.1) is 0 Å². The fourth-order valence-corrected chi connectivity index (χ4v) is 2.71. The first-order chi connectivity index (χ1) is 8.34. The fraction of sp³-hybridized carbons (Fsp3) is 0.667. The SMILES string of the molecule is O=C(C1CCn2ccnc2C1)N1CCNCC1. The number of carbonyl (C=O) groups excluding carboxylic acids is 1. The molecule has 1 unspecified atom stereocenters. The predicted molar refractivity (Wildman–Crippen MR) is 63.5 cm³/mol. The van der Waals surface area contributed by atoms with Gasteiger partial charge in [0.2, 0.25) is 5.91 Å². The van der Waals surface area contributed by atoms with Crippen LogP contribution in [0, 0.1) is 5.92 Å². The van der Waals surface area contributed by atoms with E-state index >= 15 is 0 Å². The molecule has 1 fully saturated rings. The van der Waals surface area contributed by atoms with Crippen molar-refractivity contribution in [2.24, 2.45) is 5.92 Å². The van der Waals surface area contributed by atoms with E-state index in [0.717, 1.165) is 51.4 Å². The van der Waals surface area contributed by atoms with Gasteiger partial charge in [-0.1, -0.05) is 0 Å². The van der Waals surface area contributed by atoms with Crippen LogP contribution in [0.2, 0.25) is 0 Å². The third-order valence-corrected chi connectivity index (χ3v) is 3.73. The fourth-order valence-electron chi connectivity index (χ4n) is 2.71. The number of carbonyl (C=O) groups is 1. The van der Waals surface area contributed by atoms with Crippen LogP contribution in [0.5, 0.6) is 0 Å². The number of aryl methyl sites for hydroxylation is 1. The number of fused-ring (bicyclic) bond motifs is 1. The Balaban J connectivity index is 1.67. The van der Waals surface area contributed by atoms with Crippen molar-refractivity contribution in [3.63, 3.8) is 0 Å². The summed E-state index contributed by atoms with van der Waals surface area (Å²) in [6, 6.07) is 0. The molecule has 17 heavy (non-hydrogen) atoms. The average molecular weight is 234 g/mol. The molecule has 2 aliphatic heterocycles. The number of hydrogen-bond donors (Lipinski definition) is 1. The molecule has 2 aliphatic rings. The number of nitrogens with zero attached hydrogens (tertiary/aromatic N) is 3. The first kappa shape index (κ1) is 10.8. The molecule has 0 spiro atoms. The van der Waals surface area contributed by atoms with Gasteiger partial charge in [0.15, 0.2) is 0 Å². The third kappa shape index (κ3) is 2.07. The second kappa shape index (κ2) is 4.49. The van der Waals surface area contributed by atoms with Gasteiger partial charge in [-0.2, -0.15) is 0 Å². The molecule has 0 bridgehead atoms. The highest BCUT2D eigenvalue weighted by Gasteiger charge is 2.29. The van der Waals surface area contributed by atoms with E-state index < -0.39 is 0 Å². The summed E-state index contributed by atoms with van der Waals surface area (Å²) in [5.74, 6) is 1.52. The first-order valence-electron chi connectivity index (χ1n) is 6.34. The molecule has 1 N–H and O–H groups in total. The lowest BCUT2D eigenvalue weighted by molar-refractivity contribution is -0.136. The van der Waals surface area contributed by atoms with Crippen molar-refractivity contribution in [2.45, 2.75) is 19.4 Å². The molecular formula is C12H18N4O. The van der Waals surface area contributed by atoms with Crippen LogP contribution in [0.15, 0.2) is 12.4 Å². The number of hydrogen-bond acceptors (Lipinski definition) is 3. The molecule has 1 aromatic rings. The van der Waals surface area contributed by atoms with E-state index in [-0.39, 0.29) is 5.92 Å². The molecule has 5 heteroatoms. The maximum absolute atomic E-state index is 12.3. The zero-order valence-corrected chi connectivity index (χ0v) is 9.93. The van der Waals surface area contributed by atoms with Crippen LogP contribution in [-0.4, -0.2) is 46.5 Å². The van der Waals surface area contributed by atoms with Gasteiger partial charge >= 0.3 is 0 Å². The highest BCUT2D eigenvalue weighted by atomic mass is 16.2. The molecule has 0 aromatic carbocycles. The Labute approximate surface area is 101 Å². The van der Waals surface area contributed by atoms with Gasteiger partial charge in [-0.15, -0.1) is 0 Å². The van der Waals surface area contributed by atoms with Gasteiger partial charge in [-0.3, -0.25) is 4.79 Å². The zero-order valence-electron chi connectivity index (χ0n) is 9.93. The van der Waals surface area contributed by atoms with Gasteiger partial charge < -0.3 is 14.8 Å². The van der Waals surface area contributed by atoms with Crippen molar-refractivity contribution >= 4 is 5.91 Å². The third-order valence-electron chi connectivity index (χ3n) is 3.73. The number of piperazine rings is 1. The van der Waals surface area contributed by atoms with Crippen molar-refractivity contribution in [2.75, 3.05) is 26.2 Å². The number of imidazole rings is 1. The molecule has 0 radical (unpaired) electrons. The minimum absolute atomic E-state index is 0.142. The maximum Gasteiger partial charge on any atom is 0.226 e. The quantitative estimate of drug-likeness (QED) is 0.737. The lowest BCUT2D eigenvalue weighted by atomic mass is 9.96. The van der Waals surface area contributed by atoms with E-state index in [1.165, 1.54) is 0 Å². The van der Waals surface area contributed by atoms with E-state index in [4.69, 9.17) is 0 Å². The molecule has 5 nitrogen and oxygen atoms in total. The average Bonchev–Trinajstić information content (AvgIpc) is 2.86. The monoisotopic (exact) mass is 234 g/mol. The second-order valence-corrected chi connectivity index (χ2v) is 4.80. The Morgan fingerprint density at radius 3 is 3.00 bits per heavy atom. The summed E-state index contributed by atoms with van der Waals surface area (Å²) < 4.78 is 2.15. The van der Waals surface area contributed by atoms with Gasteiger partial charge in [-0.05, 0) is 6.42 Å². The van der Waals surface area contributed by atoms with Gasteiger partial charge in [0.1, 0.15) is 5.82 Å². The van der Waals surface area contributed by atoms with Crippen LogP contribution in [-0.2, 0) is 17.8 Å². The topological polar surface area (TPSA) is 50.2 Å². The number of aromatic nitrogens is 2. The summed E-state index contributed by atoms with van der Waals surface area (Å²) in [5, 5.41) is 3.27. The predicted octanol–water partition coefficient (Wildman–Crippen LogP) is -0.123. The molecule has 1 atom stereocenters. The van der Waals surface area contributed by atoms with Crippen molar-refractivity contribution in [1.82, 2.24) is 19.8 Å². The van der Waals surface area contributed by atoms with Crippen LogP contribution >= 0.6 is 0 Å². The molecule has 3 rings (SSSR count). The van der Waals surface area contributed by atoms with Crippen molar-refractivity contribution in [3.05, 3.63) is 18.2 Å². The summed E-state index contributed by atoms with van der Waals surface area (Å²) in [5.41, 5.74) is 0. The highest BCUT2D eigenvalue weighted by molar-refractivity contribution is 5.79. The van der Waals surface area contributed by atoms with Crippen molar-refractivity contribution < 1.29 is 4.79 Å². The van der Waals surface area contributed by atoms with Crippen LogP contribution in [0.3, 0.4) is 0 Å². The molecule has 1 amide bonds. The van der Waals surface area contributed by atoms with Crippen molar-refractivity contribution in [3.8, 4) is 0 Å². The Kier molecular flexibility index (Phi) is 2.84. The molecule has 0 saturated carbocycles. The standard InChI is InChI=1S/C12H18N4O/c17-12(16-6-2-13-3-7-16)10-1-5-15-8-4-14-11(15)9-10/h4,8,10,13H,1-3,5-7,9H2. The summed E-state index contributed by atoms with van der Waals surface area (Å²) in [4.78, 5) is 18.7. The summed E-state index contributed by atoms with van der Waals surface area (Å²) >= 11 is 0. The van der Waals surface area contributed by atoms with E-state index in [9.17, 15) is 4.79 Å². The number of amides is 1. The molecule has 0 aliphatic carbocycles. The normalized spacial score (nSPS) is 24.5. The summed E-state index contributed by atoms with van der Waals surface area (Å²) in [6.07, 6.45) is 5.58. The molecule has 1 aromatic heterocycles. The summed E-state index contributed by atoms with van der Waals surface area (Å²) in [7, 11) is 0. The molecule has 3 heterocycles. The van der Waals surface area contributed by atoms with Gasteiger partial charge in [-0.25, -0.2) is 4.98 Å². The Morgan fingerprint density at radius 2 is 2.18 bits per heavy atom. The van der Waals surface area contributed by atoms with Crippen LogP contribution < -0.4 is 5.32 Å². The lowest BCUT2D eigenvalue weighted by Crippen LogP contribution is -2.49. The van der Waals surface area contributed by atoms with Gasteiger partial charge in [0.25, 0.3) is 0 Å². The zero-order chi connectivity index (χ0) is 11.7. The molecule has 1 saturated heterocycles. The smallest absolute Gasteiger partial charge is 0.226 e. The Bertz CT molecular complexity index is 408. The summed E-state index contributed by atoms with van der Waals surface area (Å²) in [6.45, 7) is 4.48. The van der Waals surface area contributed by atoms with E-state index in [0.29, 0.717) is 5.91 Å². The minimum Gasteiger partial charge on any atom is -0.340 e. The van der Waals surface area contributed by atoms with E-state index in [2.05, 4.69) is 14.9 Å². The highest BCUT2D eigenvalue weighted by Crippen LogP contribution is 2.21. The Morgan fingerprint density at radius 1 is 1.35 bits per heavy atom. The molecule has 92 valence electrons.